The molecule has 2 aromatic carbocycles. The van der Waals surface area contributed by atoms with E-state index in [1.54, 1.807) is 12.1 Å². The van der Waals surface area contributed by atoms with Crippen LogP contribution in [0.3, 0.4) is 0 Å². The van der Waals surface area contributed by atoms with Crippen molar-refractivity contribution in [2.24, 2.45) is 0 Å². The number of carbonyl (C=O) groups is 1. The fourth-order valence-corrected chi connectivity index (χ4v) is 1.87. The van der Waals surface area contributed by atoms with Crippen molar-refractivity contribution in [1.82, 2.24) is 0 Å². The van der Waals surface area contributed by atoms with E-state index in [9.17, 15) is 4.79 Å². The molecule has 0 aromatic heterocycles. The van der Waals surface area contributed by atoms with Gasteiger partial charge in [0, 0.05) is 10.0 Å². The van der Waals surface area contributed by atoms with Crippen LogP contribution in [0.2, 0.25) is 0 Å². The molecule has 0 amide bonds. The van der Waals surface area contributed by atoms with Crippen LogP contribution in [0, 0.1) is 0 Å². The van der Waals surface area contributed by atoms with E-state index in [2.05, 4.69) is 15.9 Å². The SMILES string of the molecule is O=C(O)c1ccc(OCc2ccccc2Br)cc1. The first-order valence-electron chi connectivity index (χ1n) is 5.36. The lowest BCUT2D eigenvalue weighted by Gasteiger charge is -2.07. The molecule has 3 nitrogen and oxygen atoms in total. The van der Waals surface area contributed by atoms with Crippen molar-refractivity contribution in [3.63, 3.8) is 0 Å². The summed E-state index contributed by atoms with van der Waals surface area (Å²) in [6.45, 7) is 0.438. The first kappa shape index (κ1) is 12.6. The van der Waals surface area contributed by atoms with E-state index < -0.39 is 5.97 Å². The number of rotatable bonds is 4. The molecule has 0 aliphatic carbocycles. The van der Waals surface area contributed by atoms with Crippen LogP contribution in [-0.2, 0) is 6.61 Å². The van der Waals surface area contributed by atoms with Gasteiger partial charge in [-0.3, -0.25) is 0 Å². The molecule has 0 aliphatic rings. The Labute approximate surface area is 113 Å². The molecular formula is C14H11BrO3. The number of hydrogen-bond donors (Lipinski definition) is 1. The van der Waals surface area contributed by atoms with E-state index in [4.69, 9.17) is 9.84 Å². The maximum atomic E-state index is 10.7. The van der Waals surface area contributed by atoms with Crippen molar-refractivity contribution in [3.05, 3.63) is 64.1 Å². The summed E-state index contributed by atoms with van der Waals surface area (Å²) in [5.74, 6) is -0.289. The highest BCUT2D eigenvalue weighted by Gasteiger charge is 2.03. The Kier molecular flexibility index (Phi) is 3.99. The molecule has 0 fully saturated rings. The van der Waals surface area contributed by atoms with Gasteiger partial charge in [0.25, 0.3) is 0 Å². The molecule has 0 aliphatic heterocycles. The maximum Gasteiger partial charge on any atom is 0.335 e. The Bertz CT molecular complexity index is 549. The van der Waals surface area contributed by atoms with Gasteiger partial charge in [-0.1, -0.05) is 34.1 Å². The number of aromatic carboxylic acids is 1. The molecule has 4 heteroatoms. The molecule has 2 aromatic rings. The molecule has 2 rings (SSSR count). The molecule has 1 N–H and O–H groups in total. The van der Waals surface area contributed by atoms with Crippen LogP contribution in [0.15, 0.2) is 53.0 Å². The smallest absolute Gasteiger partial charge is 0.335 e. The van der Waals surface area contributed by atoms with Crippen LogP contribution in [0.4, 0.5) is 0 Å². The van der Waals surface area contributed by atoms with Crippen molar-refractivity contribution < 1.29 is 14.6 Å². The molecule has 0 unspecified atom stereocenters. The van der Waals surface area contributed by atoms with Gasteiger partial charge in [0.05, 0.1) is 5.56 Å². The van der Waals surface area contributed by atoms with Crippen molar-refractivity contribution in [3.8, 4) is 5.75 Å². The standard InChI is InChI=1S/C14H11BrO3/c15-13-4-2-1-3-11(13)9-18-12-7-5-10(6-8-12)14(16)17/h1-8H,9H2,(H,16,17). The van der Waals surface area contributed by atoms with Crippen molar-refractivity contribution in [1.29, 1.82) is 0 Å². The Hall–Kier alpha value is -1.81. The monoisotopic (exact) mass is 306 g/mol. The molecule has 0 saturated carbocycles. The largest absolute Gasteiger partial charge is 0.489 e. The summed E-state index contributed by atoms with van der Waals surface area (Å²) >= 11 is 3.44. The van der Waals surface area contributed by atoms with E-state index >= 15 is 0 Å². The minimum Gasteiger partial charge on any atom is -0.489 e. The molecule has 0 saturated heterocycles. The summed E-state index contributed by atoms with van der Waals surface area (Å²) in [5.41, 5.74) is 1.29. The van der Waals surface area contributed by atoms with Crippen LogP contribution >= 0.6 is 15.9 Å². The predicted molar refractivity (Wildman–Crippen MR) is 71.9 cm³/mol. The van der Waals surface area contributed by atoms with Gasteiger partial charge < -0.3 is 9.84 Å². The number of carboxylic acid groups (broad SMARTS) is 1. The third-order valence-electron chi connectivity index (χ3n) is 2.45. The fourth-order valence-electron chi connectivity index (χ4n) is 1.47. The minimum absolute atomic E-state index is 0.253. The van der Waals surface area contributed by atoms with Gasteiger partial charge in [-0.15, -0.1) is 0 Å². The highest BCUT2D eigenvalue weighted by atomic mass is 79.9. The van der Waals surface area contributed by atoms with Gasteiger partial charge >= 0.3 is 5.97 Å². The number of carboxylic acids is 1. The molecular weight excluding hydrogens is 296 g/mol. The molecule has 18 heavy (non-hydrogen) atoms. The van der Waals surface area contributed by atoms with Gasteiger partial charge in [-0.25, -0.2) is 4.79 Å². The van der Waals surface area contributed by atoms with Gasteiger partial charge in [0.1, 0.15) is 12.4 Å². The molecule has 0 spiro atoms. The molecule has 0 atom stereocenters. The molecule has 0 radical (unpaired) electrons. The zero-order valence-electron chi connectivity index (χ0n) is 9.47. The number of benzene rings is 2. The first-order chi connectivity index (χ1) is 8.66. The summed E-state index contributed by atoms with van der Waals surface area (Å²) in [5, 5.41) is 8.77. The van der Waals surface area contributed by atoms with Gasteiger partial charge in [0.15, 0.2) is 0 Å². The summed E-state index contributed by atoms with van der Waals surface area (Å²) in [7, 11) is 0. The average molecular weight is 307 g/mol. The number of ether oxygens (including phenoxy) is 1. The third-order valence-corrected chi connectivity index (χ3v) is 3.23. The maximum absolute atomic E-state index is 10.7. The second kappa shape index (κ2) is 5.69. The van der Waals surface area contributed by atoms with Crippen molar-refractivity contribution in [2.75, 3.05) is 0 Å². The second-order valence-electron chi connectivity index (χ2n) is 3.71. The Morgan fingerprint density at radius 1 is 1.11 bits per heavy atom. The lowest BCUT2D eigenvalue weighted by atomic mass is 10.2. The van der Waals surface area contributed by atoms with Crippen molar-refractivity contribution in [2.45, 2.75) is 6.61 Å². The summed E-state index contributed by atoms with van der Waals surface area (Å²) in [6, 6.07) is 14.2. The van der Waals surface area contributed by atoms with E-state index in [1.165, 1.54) is 12.1 Å². The van der Waals surface area contributed by atoms with Crippen LogP contribution in [0.5, 0.6) is 5.75 Å². The lowest BCUT2D eigenvalue weighted by molar-refractivity contribution is 0.0697. The fraction of sp³-hybridized carbons (Fsp3) is 0.0714. The summed E-state index contributed by atoms with van der Waals surface area (Å²) in [4.78, 5) is 10.7. The Morgan fingerprint density at radius 2 is 1.78 bits per heavy atom. The third kappa shape index (κ3) is 3.11. The van der Waals surface area contributed by atoms with E-state index in [0.717, 1.165) is 10.0 Å². The Morgan fingerprint density at radius 3 is 2.39 bits per heavy atom. The predicted octanol–water partition coefficient (Wildman–Crippen LogP) is 3.73. The second-order valence-corrected chi connectivity index (χ2v) is 4.56. The minimum atomic E-state index is -0.938. The lowest BCUT2D eigenvalue weighted by Crippen LogP contribution is -1.98. The van der Waals surface area contributed by atoms with E-state index in [1.807, 2.05) is 24.3 Å². The zero-order valence-corrected chi connectivity index (χ0v) is 11.1. The summed E-state index contributed by atoms with van der Waals surface area (Å²) in [6.07, 6.45) is 0. The first-order valence-corrected chi connectivity index (χ1v) is 6.15. The summed E-state index contributed by atoms with van der Waals surface area (Å²) < 4.78 is 6.58. The molecule has 0 heterocycles. The highest BCUT2D eigenvalue weighted by Crippen LogP contribution is 2.19. The molecule has 92 valence electrons. The highest BCUT2D eigenvalue weighted by molar-refractivity contribution is 9.10. The van der Waals surface area contributed by atoms with Crippen LogP contribution in [0.25, 0.3) is 0 Å². The normalized spacial score (nSPS) is 10.1. The number of hydrogen-bond acceptors (Lipinski definition) is 2. The van der Waals surface area contributed by atoms with E-state index in [-0.39, 0.29) is 5.56 Å². The zero-order chi connectivity index (χ0) is 13.0. The van der Waals surface area contributed by atoms with Gasteiger partial charge in [-0.2, -0.15) is 0 Å². The van der Waals surface area contributed by atoms with Gasteiger partial charge in [-0.05, 0) is 30.3 Å². The van der Waals surface area contributed by atoms with Crippen LogP contribution < -0.4 is 4.74 Å². The van der Waals surface area contributed by atoms with Crippen LogP contribution in [0.1, 0.15) is 15.9 Å². The quantitative estimate of drug-likeness (QED) is 0.936. The molecule has 0 bridgehead atoms. The average Bonchev–Trinajstić information content (AvgIpc) is 2.38. The van der Waals surface area contributed by atoms with Crippen molar-refractivity contribution >= 4 is 21.9 Å². The number of halogens is 1. The van der Waals surface area contributed by atoms with Gasteiger partial charge in [0.2, 0.25) is 0 Å². The Balaban J connectivity index is 2.02. The van der Waals surface area contributed by atoms with Crippen LogP contribution in [-0.4, -0.2) is 11.1 Å². The topological polar surface area (TPSA) is 46.5 Å². The van der Waals surface area contributed by atoms with E-state index in [0.29, 0.717) is 12.4 Å².